The van der Waals surface area contributed by atoms with Crippen LogP contribution in [-0.4, -0.2) is 12.1 Å². The summed E-state index contributed by atoms with van der Waals surface area (Å²) in [5.41, 5.74) is 0.970. The zero-order valence-electron chi connectivity index (χ0n) is 34.4. The molecular formula is C49H80O2. The summed E-state index contributed by atoms with van der Waals surface area (Å²) in [7, 11) is 0. The van der Waals surface area contributed by atoms with Crippen LogP contribution in [0.4, 0.5) is 0 Å². The van der Waals surface area contributed by atoms with Gasteiger partial charge in [0.25, 0.3) is 0 Å². The van der Waals surface area contributed by atoms with Gasteiger partial charge in [0.05, 0.1) is 0 Å². The smallest absolute Gasteiger partial charge is 0.331 e. The van der Waals surface area contributed by atoms with E-state index in [-0.39, 0.29) is 12.1 Å². The Morgan fingerprint density at radius 1 is 0.706 bits per heavy atom. The second-order valence-corrected chi connectivity index (χ2v) is 18.5. The first-order valence-corrected chi connectivity index (χ1v) is 22.2. The number of hydrogen-bond acceptors (Lipinski definition) is 2. The first-order chi connectivity index (χ1) is 24.6. The second-order valence-electron chi connectivity index (χ2n) is 18.5. The van der Waals surface area contributed by atoms with Gasteiger partial charge in [0.15, 0.2) is 0 Å². The van der Waals surface area contributed by atoms with Crippen LogP contribution in [0.5, 0.6) is 0 Å². The number of esters is 1. The molecule has 51 heavy (non-hydrogen) atoms. The van der Waals surface area contributed by atoms with E-state index in [0.717, 1.165) is 54.3 Å². The number of carbonyl (C=O) groups is 1. The normalized spacial score (nSPS) is 33.8. The Morgan fingerprint density at radius 3 is 2.06 bits per heavy atom. The average molecular weight is 701 g/mol. The molecule has 0 bridgehead atoms. The summed E-state index contributed by atoms with van der Waals surface area (Å²) in [4.78, 5) is 12.7. The molecule has 0 aromatic heterocycles. The van der Waals surface area contributed by atoms with Crippen molar-refractivity contribution in [3.8, 4) is 0 Å². The standard InChI is InChI=1S/C49H80O2/c1-8-10-11-12-13-14-15-16-17-18-19-20-21-22-23-24-25-26-47(50)51-42-33-35-48(6)41(37-42)29-30-43-45-32-31-44(49(45,7)36-34-46(43)48)39(5)27-28-40(9-2)38(3)4/h17-26,38-46H,8-16,27-37H2,1-7H3/b18-17+,20-19+,22-21+,24-23+,26-25+/t39-,40-,41+,42+,43+,44-,45+,46+,48+,49-/m1/s1. The van der Waals surface area contributed by atoms with Crippen molar-refractivity contribution in [1.29, 1.82) is 0 Å². The van der Waals surface area contributed by atoms with E-state index in [1.807, 2.05) is 30.4 Å². The molecule has 0 aliphatic heterocycles. The molecular weight excluding hydrogens is 621 g/mol. The number of rotatable bonds is 20. The third kappa shape index (κ3) is 11.6. The van der Waals surface area contributed by atoms with Crippen LogP contribution in [0, 0.1) is 58.2 Å². The summed E-state index contributed by atoms with van der Waals surface area (Å²) >= 11 is 0. The molecule has 10 atom stereocenters. The molecule has 4 saturated carbocycles. The third-order valence-corrected chi connectivity index (χ3v) is 15.2. The van der Waals surface area contributed by atoms with Crippen molar-refractivity contribution >= 4 is 5.97 Å². The van der Waals surface area contributed by atoms with E-state index in [0.29, 0.717) is 16.7 Å². The molecule has 4 aliphatic rings. The average Bonchev–Trinajstić information content (AvgIpc) is 3.47. The van der Waals surface area contributed by atoms with E-state index in [1.165, 1.54) is 116 Å². The quantitative estimate of drug-likeness (QED) is 0.0547. The van der Waals surface area contributed by atoms with Gasteiger partial charge in [-0.05, 0) is 135 Å². The largest absolute Gasteiger partial charge is 0.459 e. The van der Waals surface area contributed by atoms with E-state index >= 15 is 0 Å². The van der Waals surface area contributed by atoms with Crippen molar-refractivity contribution in [2.45, 2.75) is 183 Å². The van der Waals surface area contributed by atoms with Crippen molar-refractivity contribution in [2.24, 2.45) is 58.2 Å². The molecule has 0 spiro atoms. The minimum absolute atomic E-state index is 0.0768. The first kappa shape index (κ1) is 41.9. The molecule has 2 heteroatoms. The van der Waals surface area contributed by atoms with Crippen LogP contribution in [-0.2, 0) is 9.53 Å². The molecule has 0 aromatic carbocycles. The van der Waals surface area contributed by atoms with Crippen molar-refractivity contribution in [3.63, 3.8) is 0 Å². The zero-order valence-corrected chi connectivity index (χ0v) is 34.4. The van der Waals surface area contributed by atoms with E-state index in [9.17, 15) is 4.79 Å². The molecule has 288 valence electrons. The Morgan fingerprint density at radius 2 is 1.35 bits per heavy atom. The van der Waals surface area contributed by atoms with Gasteiger partial charge in [-0.1, -0.05) is 155 Å². The Balaban J connectivity index is 1.16. The zero-order chi connectivity index (χ0) is 36.7. The van der Waals surface area contributed by atoms with Gasteiger partial charge in [-0.25, -0.2) is 4.79 Å². The Hall–Kier alpha value is -1.83. The van der Waals surface area contributed by atoms with Crippen LogP contribution in [0.15, 0.2) is 60.8 Å². The highest BCUT2D eigenvalue weighted by atomic mass is 16.5. The highest BCUT2D eigenvalue weighted by Gasteiger charge is 2.60. The maximum atomic E-state index is 12.7. The Kier molecular flexibility index (Phi) is 17.4. The highest BCUT2D eigenvalue weighted by Crippen LogP contribution is 2.68. The number of fused-ring (bicyclic) bond motifs is 5. The second kappa shape index (κ2) is 21.2. The van der Waals surface area contributed by atoms with Gasteiger partial charge < -0.3 is 4.74 Å². The SMILES string of the molecule is CCCCCCCCC/C=C/C=C/C=C/C=C/C=C/C(=O)O[C@H]1CC[C@@]2(C)[C@@H](CC[C@@H]3[C@@H]2CC[C@]2(C)[C@@H]([C@H](C)CC[C@@H](CC)C(C)C)CC[C@@H]32)C1. The number of unbranched alkanes of at least 4 members (excludes halogenated alkanes) is 7. The maximum Gasteiger partial charge on any atom is 0.331 e. The molecule has 0 heterocycles. The number of allylic oxidation sites excluding steroid dienone is 9. The molecule has 4 aliphatic carbocycles. The van der Waals surface area contributed by atoms with Crippen LogP contribution in [0.25, 0.3) is 0 Å². The fraction of sp³-hybridized carbons (Fsp3) is 0.776. The van der Waals surface area contributed by atoms with Gasteiger partial charge in [0.1, 0.15) is 6.10 Å². The Labute approximate surface area is 316 Å². The lowest BCUT2D eigenvalue weighted by molar-refractivity contribution is -0.158. The third-order valence-electron chi connectivity index (χ3n) is 15.2. The summed E-state index contributed by atoms with van der Waals surface area (Å²) < 4.78 is 6.04. The maximum absolute atomic E-state index is 12.7. The molecule has 4 fully saturated rings. The lowest BCUT2D eigenvalue weighted by atomic mass is 9.44. The fourth-order valence-corrected chi connectivity index (χ4v) is 12.1. The summed E-state index contributed by atoms with van der Waals surface area (Å²) in [6, 6.07) is 0. The molecule has 0 unspecified atom stereocenters. The number of hydrogen-bond donors (Lipinski definition) is 0. The summed E-state index contributed by atoms with van der Waals surface area (Å²) in [5, 5.41) is 0. The van der Waals surface area contributed by atoms with Crippen LogP contribution < -0.4 is 0 Å². The van der Waals surface area contributed by atoms with Gasteiger partial charge >= 0.3 is 5.97 Å². The van der Waals surface area contributed by atoms with Crippen LogP contribution in [0.3, 0.4) is 0 Å². The Bertz CT molecular complexity index is 1170. The van der Waals surface area contributed by atoms with E-state index in [1.54, 1.807) is 6.08 Å². The van der Waals surface area contributed by atoms with Crippen molar-refractivity contribution in [3.05, 3.63) is 60.8 Å². The van der Waals surface area contributed by atoms with Crippen molar-refractivity contribution < 1.29 is 9.53 Å². The van der Waals surface area contributed by atoms with Crippen LogP contribution in [0.1, 0.15) is 177 Å². The predicted octanol–water partition coefficient (Wildman–Crippen LogP) is 14.6. The lowest BCUT2D eigenvalue weighted by Crippen LogP contribution is -2.54. The van der Waals surface area contributed by atoms with Crippen molar-refractivity contribution in [1.82, 2.24) is 0 Å². The molecule has 4 rings (SSSR count). The fourth-order valence-electron chi connectivity index (χ4n) is 12.1. The summed E-state index contributed by atoms with van der Waals surface area (Å²) in [5.74, 6) is 6.70. The van der Waals surface area contributed by atoms with Gasteiger partial charge in [-0.15, -0.1) is 0 Å². The van der Waals surface area contributed by atoms with Gasteiger partial charge in [-0.2, -0.15) is 0 Å². The molecule has 2 nitrogen and oxygen atoms in total. The number of ether oxygens (including phenoxy) is 1. The predicted molar refractivity (Wildman–Crippen MR) is 220 cm³/mol. The van der Waals surface area contributed by atoms with Gasteiger partial charge in [-0.3, -0.25) is 0 Å². The molecule has 0 amide bonds. The summed E-state index contributed by atoms with van der Waals surface area (Å²) in [6.07, 6.45) is 46.7. The minimum Gasteiger partial charge on any atom is -0.459 e. The van der Waals surface area contributed by atoms with Crippen LogP contribution in [0.2, 0.25) is 0 Å². The van der Waals surface area contributed by atoms with E-state index < -0.39 is 0 Å². The summed E-state index contributed by atoms with van der Waals surface area (Å²) in [6.45, 7) is 17.5. The molecule has 0 radical (unpaired) electrons. The lowest BCUT2D eigenvalue weighted by Gasteiger charge is -2.61. The topological polar surface area (TPSA) is 26.3 Å². The molecule has 0 aromatic rings. The first-order valence-electron chi connectivity index (χ1n) is 22.2. The molecule has 0 saturated heterocycles. The van der Waals surface area contributed by atoms with E-state index in [2.05, 4.69) is 72.8 Å². The van der Waals surface area contributed by atoms with Gasteiger partial charge in [0.2, 0.25) is 0 Å². The van der Waals surface area contributed by atoms with Crippen LogP contribution >= 0.6 is 0 Å². The highest BCUT2D eigenvalue weighted by molar-refractivity contribution is 5.82. The number of carbonyl (C=O) groups excluding carboxylic acids is 1. The van der Waals surface area contributed by atoms with E-state index in [4.69, 9.17) is 4.74 Å². The van der Waals surface area contributed by atoms with Crippen molar-refractivity contribution in [2.75, 3.05) is 0 Å². The minimum atomic E-state index is -0.185. The monoisotopic (exact) mass is 701 g/mol. The van der Waals surface area contributed by atoms with Gasteiger partial charge in [0, 0.05) is 6.08 Å². The molecule has 0 N–H and O–H groups in total.